The normalized spacial score (nSPS) is 22.3. The number of amides is 1. The molecule has 0 aliphatic carbocycles. The molecular weight excluding hydrogens is 352 g/mol. The SMILES string of the molecule is CSc1ccc(C[NH+]2CCC[C@@H](C(=O)N3CCc4ccccc4C3)C2)cc1. The number of rotatable bonds is 4. The van der Waals surface area contributed by atoms with Crippen molar-refractivity contribution in [2.45, 2.75) is 37.2 Å². The second-order valence-electron chi connectivity index (χ2n) is 7.85. The van der Waals surface area contributed by atoms with Crippen LogP contribution in [-0.2, 0) is 24.3 Å². The average molecular weight is 382 g/mol. The van der Waals surface area contributed by atoms with Gasteiger partial charge in [-0.25, -0.2) is 0 Å². The van der Waals surface area contributed by atoms with Gasteiger partial charge in [0.05, 0.1) is 19.0 Å². The Morgan fingerprint density at radius 2 is 1.93 bits per heavy atom. The van der Waals surface area contributed by atoms with E-state index in [0.29, 0.717) is 5.91 Å². The highest BCUT2D eigenvalue weighted by molar-refractivity contribution is 7.98. The van der Waals surface area contributed by atoms with Gasteiger partial charge in [0.25, 0.3) is 0 Å². The number of piperidine rings is 1. The zero-order valence-electron chi connectivity index (χ0n) is 16.1. The van der Waals surface area contributed by atoms with Crippen LogP contribution < -0.4 is 4.90 Å². The Kier molecular flexibility index (Phi) is 5.84. The predicted molar refractivity (Wildman–Crippen MR) is 111 cm³/mol. The van der Waals surface area contributed by atoms with E-state index in [9.17, 15) is 4.79 Å². The van der Waals surface area contributed by atoms with Gasteiger partial charge in [0.15, 0.2) is 0 Å². The molecule has 2 aliphatic rings. The van der Waals surface area contributed by atoms with Crippen LogP contribution in [0.1, 0.15) is 29.5 Å². The molecule has 1 saturated heterocycles. The highest BCUT2D eigenvalue weighted by atomic mass is 32.2. The maximum absolute atomic E-state index is 13.2. The van der Waals surface area contributed by atoms with Crippen LogP contribution in [0.2, 0.25) is 0 Å². The van der Waals surface area contributed by atoms with Crippen LogP contribution in [0.4, 0.5) is 0 Å². The summed E-state index contributed by atoms with van der Waals surface area (Å²) in [5, 5.41) is 0. The van der Waals surface area contributed by atoms with Crippen molar-refractivity contribution in [3.05, 3.63) is 65.2 Å². The highest BCUT2D eigenvalue weighted by Gasteiger charge is 2.33. The molecule has 4 heteroatoms. The fraction of sp³-hybridized carbons (Fsp3) is 0.435. The first kappa shape index (κ1) is 18.6. The Hall–Kier alpha value is -1.78. The summed E-state index contributed by atoms with van der Waals surface area (Å²) in [5.74, 6) is 0.559. The molecule has 2 aliphatic heterocycles. The summed E-state index contributed by atoms with van der Waals surface area (Å²) in [6, 6.07) is 17.5. The standard InChI is InChI=1S/C23H28N2OS/c1-27-22-10-8-18(9-11-22)15-24-13-4-7-21(16-24)23(26)25-14-12-19-5-2-3-6-20(19)17-25/h2-3,5-6,8-11,21H,4,7,12-17H2,1H3/p+1/t21-/m1/s1. The van der Waals surface area contributed by atoms with E-state index in [-0.39, 0.29) is 5.92 Å². The van der Waals surface area contributed by atoms with Crippen molar-refractivity contribution >= 4 is 17.7 Å². The molecule has 2 atom stereocenters. The fourth-order valence-corrected chi connectivity index (χ4v) is 4.90. The highest BCUT2D eigenvalue weighted by Crippen LogP contribution is 2.22. The van der Waals surface area contributed by atoms with Gasteiger partial charge >= 0.3 is 0 Å². The molecule has 27 heavy (non-hydrogen) atoms. The largest absolute Gasteiger partial charge is 0.338 e. The quantitative estimate of drug-likeness (QED) is 0.824. The molecule has 0 aromatic heterocycles. The third-order valence-electron chi connectivity index (χ3n) is 6.02. The van der Waals surface area contributed by atoms with E-state index in [0.717, 1.165) is 45.4 Å². The van der Waals surface area contributed by atoms with E-state index in [1.54, 1.807) is 16.7 Å². The van der Waals surface area contributed by atoms with Gasteiger partial charge in [-0.15, -0.1) is 11.8 Å². The minimum Gasteiger partial charge on any atom is -0.338 e. The second kappa shape index (κ2) is 8.49. The number of nitrogens with one attached hydrogen (secondary N) is 1. The number of carbonyl (C=O) groups is 1. The predicted octanol–water partition coefficient (Wildman–Crippen LogP) is 2.79. The maximum Gasteiger partial charge on any atom is 0.231 e. The lowest BCUT2D eigenvalue weighted by atomic mass is 9.93. The number of fused-ring (bicyclic) bond motifs is 1. The Bertz CT molecular complexity index is 789. The molecule has 0 spiro atoms. The van der Waals surface area contributed by atoms with E-state index >= 15 is 0 Å². The lowest BCUT2D eigenvalue weighted by Gasteiger charge is -2.35. The number of nitrogens with zero attached hydrogens (tertiary/aromatic N) is 1. The van der Waals surface area contributed by atoms with Gasteiger partial charge in [-0.3, -0.25) is 4.79 Å². The smallest absolute Gasteiger partial charge is 0.231 e. The molecule has 0 bridgehead atoms. The van der Waals surface area contributed by atoms with Crippen molar-refractivity contribution in [2.24, 2.45) is 5.92 Å². The monoisotopic (exact) mass is 381 g/mol. The average Bonchev–Trinajstić information content (AvgIpc) is 2.73. The van der Waals surface area contributed by atoms with E-state index in [1.165, 1.54) is 28.1 Å². The van der Waals surface area contributed by atoms with Crippen LogP contribution in [0, 0.1) is 5.92 Å². The lowest BCUT2D eigenvalue weighted by Crippen LogP contribution is -3.12. The van der Waals surface area contributed by atoms with Crippen LogP contribution in [0.5, 0.6) is 0 Å². The van der Waals surface area contributed by atoms with Gasteiger partial charge in [-0.2, -0.15) is 0 Å². The Morgan fingerprint density at radius 1 is 1.15 bits per heavy atom. The first-order valence-electron chi connectivity index (χ1n) is 10.0. The molecule has 2 heterocycles. The molecule has 1 amide bonds. The summed E-state index contributed by atoms with van der Waals surface area (Å²) >= 11 is 1.78. The van der Waals surface area contributed by atoms with Gasteiger partial charge in [-0.1, -0.05) is 36.4 Å². The molecule has 1 fully saturated rings. The lowest BCUT2D eigenvalue weighted by molar-refractivity contribution is -0.921. The molecule has 3 nitrogen and oxygen atoms in total. The van der Waals surface area contributed by atoms with Crippen molar-refractivity contribution in [3.8, 4) is 0 Å². The molecule has 1 unspecified atom stereocenters. The molecule has 142 valence electrons. The number of hydrogen-bond donors (Lipinski definition) is 1. The summed E-state index contributed by atoms with van der Waals surface area (Å²) in [5.41, 5.74) is 4.11. The number of hydrogen-bond acceptors (Lipinski definition) is 2. The number of thioether (sulfide) groups is 1. The van der Waals surface area contributed by atoms with Crippen LogP contribution in [0.3, 0.4) is 0 Å². The van der Waals surface area contributed by atoms with Crippen LogP contribution in [0.15, 0.2) is 53.4 Å². The minimum absolute atomic E-state index is 0.185. The summed E-state index contributed by atoms with van der Waals surface area (Å²) in [6.07, 6.45) is 5.30. The number of carbonyl (C=O) groups excluding carboxylic acids is 1. The topological polar surface area (TPSA) is 24.8 Å². The first-order valence-corrected chi connectivity index (χ1v) is 11.3. The number of benzene rings is 2. The van der Waals surface area contributed by atoms with Crippen molar-refractivity contribution in [3.63, 3.8) is 0 Å². The van der Waals surface area contributed by atoms with Gasteiger partial charge in [0.1, 0.15) is 6.54 Å². The van der Waals surface area contributed by atoms with Gasteiger partial charge < -0.3 is 9.80 Å². The van der Waals surface area contributed by atoms with E-state index < -0.39 is 0 Å². The van der Waals surface area contributed by atoms with Crippen molar-refractivity contribution < 1.29 is 9.69 Å². The molecule has 4 rings (SSSR count). The van der Waals surface area contributed by atoms with E-state index in [1.807, 2.05) is 0 Å². The molecular formula is C23H29N2OS+. The molecule has 0 saturated carbocycles. The van der Waals surface area contributed by atoms with Crippen molar-refractivity contribution in [2.75, 3.05) is 25.9 Å². The molecule has 2 aromatic carbocycles. The van der Waals surface area contributed by atoms with Crippen LogP contribution in [0.25, 0.3) is 0 Å². The Morgan fingerprint density at radius 3 is 2.70 bits per heavy atom. The minimum atomic E-state index is 0.185. The fourth-order valence-electron chi connectivity index (χ4n) is 4.50. The molecule has 2 aromatic rings. The first-order chi connectivity index (χ1) is 13.2. The zero-order valence-corrected chi connectivity index (χ0v) is 16.9. The second-order valence-corrected chi connectivity index (χ2v) is 8.73. The van der Waals surface area contributed by atoms with Gasteiger partial charge in [0.2, 0.25) is 5.91 Å². The Labute approximate surface area is 166 Å². The maximum atomic E-state index is 13.2. The molecule has 0 radical (unpaired) electrons. The van der Waals surface area contributed by atoms with Crippen LogP contribution >= 0.6 is 11.8 Å². The Balaban J connectivity index is 1.37. The third-order valence-corrected chi connectivity index (χ3v) is 6.77. The third kappa shape index (κ3) is 4.39. The van der Waals surface area contributed by atoms with Gasteiger partial charge in [-0.05, 0) is 48.8 Å². The van der Waals surface area contributed by atoms with E-state index in [4.69, 9.17) is 0 Å². The summed E-state index contributed by atoms with van der Waals surface area (Å²) in [4.78, 5) is 18.1. The zero-order chi connectivity index (χ0) is 18.6. The van der Waals surface area contributed by atoms with E-state index in [2.05, 4.69) is 59.7 Å². The number of likely N-dealkylation sites (tertiary alicyclic amines) is 1. The molecule has 1 N–H and O–H groups in total. The van der Waals surface area contributed by atoms with Gasteiger partial charge in [0, 0.05) is 23.5 Å². The summed E-state index contributed by atoms with van der Waals surface area (Å²) in [7, 11) is 0. The summed E-state index contributed by atoms with van der Waals surface area (Å²) < 4.78 is 0. The summed E-state index contributed by atoms with van der Waals surface area (Å²) in [6.45, 7) is 4.84. The number of quaternary nitrogens is 1. The van der Waals surface area contributed by atoms with Crippen molar-refractivity contribution in [1.29, 1.82) is 0 Å². The van der Waals surface area contributed by atoms with Crippen molar-refractivity contribution in [1.82, 2.24) is 4.90 Å². The van der Waals surface area contributed by atoms with Crippen LogP contribution in [-0.4, -0.2) is 36.7 Å².